The van der Waals surface area contributed by atoms with Crippen molar-refractivity contribution in [3.05, 3.63) is 35.9 Å². The van der Waals surface area contributed by atoms with Crippen LogP contribution in [0, 0.1) is 0 Å². The fraction of sp³-hybridized carbons (Fsp3) is 0.500. The highest BCUT2D eigenvalue weighted by molar-refractivity contribution is 5.92. The van der Waals surface area contributed by atoms with Gasteiger partial charge in [-0.3, -0.25) is 4.79 Å². The van der Waals surface area contributed by atoms with Crippen LogP contribution in [0.3, 0.4) is 0 Å². The van der Waals surface area contributed by atoms with Crippen LogP contribution in [0.25, 0.3) is 0 Å². The van der Waals surface area contributed by atoms with Crippen molar-refractivity contribution >= 4 is 18.0 Å². The molecule has 1 aromatic rings. The molecule has 7 heteroatoms. The normalized spacial score (nSPS) is 12.7. The molecule has 2 amide bonds. The van der Waals surface area contributed by atoms with Gasteiger partial charge in [-0.2, -0.15) is 0 Å². The smallest absolute Gasteiger partial charge is 0.408 e. The van der Waals surface area contributed by atoms with Crippen molar-refractivity contribution in [2.24, 2.45) is 0 Å². The second kappa shape index (κ2) is 8.00. The molecule has 0 radical (unpaired) electrons. The van der Waals surface area contributed by atoms with Gasteiger partial charge in [-0.25, -0.2) is 9.59 Å². The van der Waals surface area contributed by atoms with E-state index in [-0.39, 0.29) is 0 Å². The van der Waals surface area contributed by atoms with Gasteiger partial charge in [0.25, 0.3) is 0 Å². The van der Waals surface area contributed by atoms with Crippen LogP contribution < -0.4 is 10.6 Å². The van der Waals surface area contributed by atoms with Crippen molar-refractivity contribution in [2.75, 3.05) is 7.11 Å². The van der Waals surface area contributed by atoms with Crippen molar-refractivity contribution in [1.29, 1.82) is 0 Å². The van der Waals surface area contributed by atoms with Crippen LogP contribution in [0.5, 0.6) is 0 Å². The molecule has 0 heterocycles. The summed E-state index contributed by atoms with van der Waals surface area (Å²) in [7, 11) is 1.24. The lowest BCUT2D eigenvalue weighted by Crippen LogP contribution is -2.56. The first kappa shape index (κ1) is 20.5. The van der Waals surface area contributed by atoms with Crippen LogP contribution in [0.1, 0.15) is 46.2 Å². The predicted molar refractivity (Wildman–Crippen MR) is 92.8 cm³/mol. The fourth-order valence-electron chi connectivity index (χ4n) is 1.97. The van der Waals surface area contributed by atoms with Crippen LogP contribution in [0.4, 0.5) is 4.79 Å². The Bertz CT molecular complexity index is 620. The van der Waals surface area contributed by atoms with Crippen LogP contribution in [0.15, 0.2) is 30.3 Å². The Morgan fingerprint density at radius 3 is 2.04 bits per heavy atom. The molecule has 0 saturated heterocycles. The van der Waals surface area contributed by atoms with Gasteiger partial charge < -0.3 is 20.1 Å². The first-order valence-electron chi connectivity index (χ1n) is 7.91. The molecule has 0 saturated carbocycles. The number of methoxy groups -OCH3 is 1. The summed E-state index contributed by atoms with van der Waals surface area (Å²) in [5.41, 5.74) is -1.39. The Hall–Kier alpha value is -2.57. The van der Waals surface area contributed by atoms with Gasteiger partial charge in [0.05, 0.1) is 7.11 Å². The molecular weight excluding hydrogens is 324 g/mol. The molecule has 0 spiro atoms. The van der Waals surface area contributed by atoms with Crippen LogP contribution in [-0.4, -0.2) is 36.2 Å². The molecule has 1 aromatic carbocycles. The molecule has 0 bridgehead atoms. The van der Waals surface area contributed by atoms with E-state index in [0.717, 1.165) is 0 Å². The largest absolute Gasteiger partial charge is 0.467 e. The number of ether oxygens (including phenoxy) is 2. The molecule has 0 aromatic heterocycles. The quantitative estimate of drug-likeness (QED) is 0.795. The Kier molecular flexibility index (Phi) is 6.55. The SMILES string of the molecule is COC(=O)C(NC(=O)C(C)(C)NC(=O)OC(C)(C)C)c1ccccc1. The molecule has 1 rings (SSSR count). The number of carbonyl (C=O) groups is 3. The number of rotatable bonds is 5. The highest BCUT2D eigenvalue weighted by Crippen LogP contribution is 2.16. The second-order valence-electron chi connectivity index (χ2n) is 7.09. The zero-order valence-corrected chi connectivity index (χ0v) is 15.5. The summed E-state index contributed by atoms with van der Waals surface area (Å²) in [6.07, 6.45) is -0.720. The third-order valence-corrected chi connectivity index (χ3v) is 3.23. The van der Waals surface area contributed by atoms with Gasteiger partial charge in [-0.05, 0) is 40.2 Å². The zero-order chi connectivity index (χ0) is 19.3. The van der Waals surface area contributed by atoms with Gasteiger partial charge >= 0.3 is 12.1 Å². The molecule has 7 nitrogen and oxygen atoms in total. The van der Waals surface area contributed by atoms with Crippen molar-refractivity contribution < 1.29 is 23.9 Å². The molecule has 2 N–H and O–H groups in total. The molecule has 25 heavy (non-hydrogen) atoms. The maximum Gasteiger partial charge on any atom is 0.408 e. The third-order valence-electron chi connectivity index (χ3n) is 3.23. The maximum atomic E-state index is 12.6. The van der Waals surface area contributed by atoms with E-state index in [1.807, 2.05) is 0 Å². The lowest BCUT2D eigenvalue weighted by molar-refractivity contribution is -0.146. The monoisotopic (exact) mass is 350 g/mol. The topological polar surface area (TPSA) is 93.7 Å². The van der Waals surface area contributed by atoms with E-state index in [0.29, 0.717) is 5.56 Å². The molecule has 0 aliphatic heterocycles. The minimum Gasteiger partial charge on any atom is -0.467 e. The first-order valence-corrected chi connectivity index (χ1v) is 7.91. The number of alkyl carbamates (subject to hydrolysis) is 1. The molecule has 1 atom stereocenters. The highest BCUT2D eigenvalue weighted by atomic mass is 16.6. The summed E-state index contributed by atoms with van der Waals surface area (Å²) in [5.74, 6) is -1.15. The molecule has 0 aliphatic rings. The summed E-state index contributed by atoms with van der Waals surface area (Å²) in [6.45, 7) is 8.21. The van der Waals surface area contributed by atoms with Gasteiger partial charge in [0.1, 0.15) is 11.1 Å². The highest BCUT2D eigenvalue weighted by Gasteiger charge is 2.35. The standard InChI is InChI=1S/C18H26N2O5/c1-17(2,3)25-16(23)20-18(4,5)15(22)19-13(14(21)24-6)12-10-8-7-9-11-12/h7-11,13H,1-6H3,(H,19,22)(H,20,23). The van der Waals surface area contributed by atoms with Crippen LogP contribution in [-0.2, 0) is 19.1 Å². The predicted octanol–water partition coefficient (Wildman–Crippen LogP) is 2.32. The molecular formula is C18H26N2O5. The number of hydrogen-bond donors (Lipinski definition) is 2. The van der Waals surface area contributed by atoms with E-state index in [1.54, 1.807) is 51.1 Å². The summed E-state index contributed by atoms with van der Waals surface area (Å²) >= 11 is 0. The summed E-state index contributed by atoms with van der Waals surface area (Å²) < 4.78 is 9.92. The summed E-state index contributed by atoms with van der Waals surface area (Å²) in [6, 6.07) is 7.74. The van der Waals surface area contributed by atoms with Gasteiger partial charge in [-0.15, -0.1) is 0 Å². The van der Waals surface area contributed by atoms with Crippen LogP contribution >= 0.6 is 0 Å². The van der Waals surface area contributed by atoms with Gasteiger partial charge in [0.15, 0.2) is 6.04 Å². The van der Waals surface area contributed by atoms with Crippen molar-refractivity contribution in [3.8, 4) is 0 Å². The Morgan fingerprint density at radius 1 is 1.00 bits per heavy atom. The van der Waals surface area contributed by atoms with E-state index >= 15 is 0 Å². The first-order chi connectivity index (χ1) is 11.5. The van der Waals surface area contributed by atoms with E-state index < -0.39 is 35.2 Å². The van der Waals surface area contributed by atoms with E-state index in [9.17, 15) is 14.4 Å². The number of carbonyl (C=O) groups excluding carboxylic acids is 3. The Labute approximate surface area is 148 Å². The molecule has 138 valence electrons. The van der Waals surface area contributed by atoms with E-state index in [1.165, 1.54) is 21.0 Å². The summed E-state index contributed by atoms with van der Waals surface area (Å²) in [5, 5.41) is 5.11. The second-order valence-corrected chi connectivity index (χ2v) is 7.09. The average molecular weight is 350 g/mol. The number of amides is 2. The summed E-state index contributed by atoms with van der Waals surface area (Å²) in [4.78, 5) is 36.5. The van der Waals surface area contributed by atoms with Gasteiger partial charge in [-0.1, -0.05) is 30.3 Å². The van der Waals surface area contributed by atoms with Crippen molar-refractivity contribution in [2.45, 2.75) is 51.8 Å². The lowest BCUT2D eigenvalue weighted by atomic mass is 10.0. The van der Waals surface area contributed by atoms with Gasteiger partial charge in [0, 0.05) is 0 Å². The molecule has 0 fully saturated rings. The van der Waals surface area contributed by atoms with Crippen molar-refractivity contribution in [1.82, 2.24) is 10.6 Å². The minimum atomic E-state index is -1.29. The Morgan fingerprint density at radius 2 is 1.56 bits per heavy atom. The van der Waals surface area contributed by atoms with Crippen molar-refractivity contribution in [3.63, 3.8) is 0 Å². The number of esters is 1. The Balaban J connectivity index is 2.88. The fourth-order valence-corrected chi connectivity index (χ4v) is 1.97. The number of hydrogen-bond acceptors (Lipinski definition) is 5. The zero-order valence-electron chi connectivity index (χ0n) is 15.5. The molecule has 1 unspecified atom stereocenters. The van der Waals surface area contributed by atoms with Crippen LogP contribution in [0.2, 0.25) is 0 Å². The van der Waals surface area contributed by atoms with E-state index in [2.05, 4.69) is 10.6 Å². The van der Waals surface area contributed by atoms with Gasteiger partial charge in [0.2, 0.25) is 5.91 Å². The third kappa shape index (κ3) is 6.45. The van der Waals surface area contributed by atoms with E-state index in [4.69, 9.17) is 9.47 Å². The number of nitrogens with one attached hydrogen (secondary N) is 2. The maximum absolute atomic E-state index is 12.6. The lowest BCUT2D eigenvalue weighted by Gasteiger charge is -2.29. The minimum absolute atomic E-state index is 0.544. The average Bonchev–Trinajstić information content (AvgIpc) is 2.49. The molecule has 0 aliphatic carbocycles. The number of benzene rings is 1.